The molecule has 0 spiro atoms. The summed E-state index contributed by atoms with van der Waals surface area (Å²) >= 11 is 0.925. The molecule has 0 saturated carbocycles. The lowest BCUT2D eigenvalue weighted by atomic mass is 10.1. The van der Waals surface area contributed by atoms with Crippen LogP contribution in [-0.4, -0.2) is 40.4 Å². The number of hydrazone groups is 1. The lowest BCUT2D eigenvalue weighted by Gasteiger charge is -2.20. The average molecular weight is 453 g/mol. The highest BCUT2D eigenvalue weighted by atomic mass is 32.2. The van der Waals surface area contributed by atoms with Crippen LogP contribution in [-0.2, 0) is 4.79 Å². The predicted octanol–water partition coefficient (Wildman–Crippen LogP) is 2.29. The number of carbonyl (C=O) groups excluding carboxylic acids is 1. The fourth-order valence-electron chi connectivity index (χ4n) is 3.02. The zero-order chi connectivity index (χ0) is 22.9. The normalized spacial score (nSPS) is 11.9. The average Bonchev–Trinajstić information content (AvgIpc) is 2.81. The van der Waals surface area contributed by atoms with Crippen molar-refractivity contribution in [2.45, 2.75) is 24.1 Å². The van der Waals surface area contributed by atoms with Crippen LogP contribution in [0.15, 0.2) is 74.3 Å². The fourth-order valence-corrected chi connectivity index (χ4v) is 3.95. The molecule has 0 fully saturated rings. The van der Waals surface area contributed by atoms with Gasteiger partial charge >= 0.3 is 5.69 Å². The van der Waals surface area contributed by atoms with E-state index < -0.39 is 22.4 Å². The van der Waals surface area contributed by atoms with E-state index in [4.69, 9.17) is 0 Å². The number of hydrogen-bond donors (Lipinski definition) is 3. The van der Waals surface area contributed by atoms with Crippen LogP contribution in [0, 0.1) is 0 Å². The van der Waals surface area contributed by atoms with Crippen LogP contribution in [0.25, 0.3) is 0 Å². The van der Waals surface area contributed by atoms with Gasteiger partial charge in [0.05, 0.1) is 6.21 Å². The number of thioether (sulfide) groups is 1. The molecule has 3 aromatic rings. The van der Waals surface area contributed by atoms with Crippen LogP contribution in [0.2, 0.25) is 0 Å². The van der Waals surface area contributed by atoms with Crippen molar-refractivity contribution in [2.24, 2.45) is 5.10 Å². The summed E-state index contributed by atoms with van der Waals surface area (Å²) in [5, 5.41) is 9.17. The smallest absolute Gasteiger partial charge is 0.342 e. The largest absolute Gasteiger partial charge is 0.372 e. The lowest BCUT2D eigenvalue weighted by Crippen LogP contribution is -2.28. The number of aromatic nitrogens is 3. The predicted molar refractivity (Wildman–Crippen MR) is 126 cm³/mol. The van der Waals surface area contributed by atoms with Crippen molar-refractivity contribution < 1.29 is 4.79 Å². The van der Waals surface area contributed by atoms with Gasteiger partial charge in [-0.3, -0.25) is 14.6 Å². The number of anilines is 1. The van der Waals surface area contributed by atoms with Crippen LogP contribution in [0.1, 0.15) is 30.2 Å². The Kier molecular flexibility index (Phi) is 7.98. The molecular formula is C22H24N6O3S. The molecule has 1 heterocycles. The molecule has 1 unspecified atom stereocenters. The third kappa shape index (κ3) is 5.94. The van der Waals surface area contributed by atoms with Crippen molar-refractivity contribution in [3.8, 4) is 0 Å². The topological polar surface area (TPSA) is 123 Å². The first-order valence-corrected chi connectivity index (χ1v) is 11.0. The molecule has 1 aromatic heterocycles. The standard InChI is InChI=1S/C22H24N6O3S/c1-3-28(4-2)17-12-10-15(11-13-17)14-23-25-19(29)18(16-8-6-5-7-9-16)32-21-20(30)24-22(31)27-26-21/h5-14,18H,3-4H2,1-2H3,(H,25,29)(H2,24,27,30,31)/b23-14-. The fraction of sp³-hybridized carbons (Fsp3) is 0.227. The molecule has 32 heavy (non-hydrogen) atoms. The lowest BCUT2D eigenvalue weighted by molar-refractivity contribution is -0.120. The second-order valence-electron chi connectivity index (χ2n) is 6.72. The molecule has 3 N–H and O–H groups in total. The summed E-state index contributed by atoms with van der Waals surface area (Å²) in [7, 11) is 0. The van der Waals surface area contributed by atoms with Gasteiger partial charge in [0.2, 0.25) is 0 Å². The van der Waals surface area contributed by atoms with Crippen LogP contribution in [0.4, 0.5) is 5.69 Å². The zero-order valence-electron chi connectivity index (χ0n) is 17.7. The molecule has 0 aliphatic carbocycles. The summed E-state index contributed by atoms with van der Waals surface area (Å²) in [6.45, 7) is 6.05. The molecule has 9 nitrogen and oxygen atoms in total. The minimum absolute atomic E-state index is 0.0235. The number of rotatable bonds is 9. The van der Waals surface area contributed by atoms with Crippen molar-refractivity contribution >= 4 is 29.6 Å². The number of benzene rings is 2. The van der Waals surface area contributed by atoms with Gasteiger partial charge in [-0.15, -0.1) is 0 Å². The molecule has 0 aliphatic rings. The monoisotopic (exact) mass is 452 g/mol. The molecule has 10 heteroatoms. The number of nitrogens with one attached hydrogen (secondary N) is 3. The van der Waals surface area contributed by atoms with Crippen molar-refractivity contribution in [3.63, 3.8) is 0 Å². The van der Waals surface area contributed by atoms with E-state index in [2.05, 4.69) is 44.5 Å². The third-order valence-corrected chi connectivity index (χ3v) is 5.88. The van der Waals surface area contributed by atoms with E-state index in [0.717, 1.165) is 36.1 Å². The quantitative estimate of drug-likeness (QED) is 0.260. The molecular weight excluding hydrogens is 428 g/mol. The molecule has 3 rings (SSSR count). The molecule has 1 atom stereocenters. The molecule has 1 amide bonds. The Hall–Kier alpha value is -3.66. The summed E-state index contributed by atoms with van der Waals surface area (Å²) in [6.07, 6.45) is 1.56. The number of aromatic amines is 2. The number of carbonyl (C=O) groups is 1. The summed E-state index contributed by atoms with van der Waals surface area (Å²) < 4.78 is 0. The number of amides is 1. The van der Waals surface area contributed by atoms with E-state index in [9.17, 15) is 14.4 Å². The SMILES string of the molecule is CCN(CC)c1ccc(/C=N\NC(=O)C(Sc2n[nH]c(=O)[nH]c2=O)c2ccccc2)cc1. The van der Waals surface area contributed by atoms with E-state index in [1.165, 1.54) is 0 Å². The van der Waals surface area contributed by atoms with Gasteiger partial charge in [-0.2, -0.15) is 10.2 Å². The Morgan fingerprint density at radius 2 is 1.81 bits per heavy atom. The molecule has 0 bridgehead atoms. The van der Waals surface area contributed by atoms with Gasteiger partial charge in [-0.05, 0) is 37.1 Å². The van der Waals surface area contributed by atoms with E-state index in [-0.39, 0.29) is 5.03 Å². The Morgan fingerprint density at radius 3 is 2.44 bits per heavy atom. The second kappa shape index (κ2) is 11.1. The molecule has 166 valence electrons. The van der Waals surface area contributed by atoms with Gasteiger partial charge in [0, 0.05) is 18.8 Å². The highest BCUT2D eigenvalue weighted by Gasteiger charge is 2.24. The van der Waals surface area contributed by atoms with Crippen molar-refractivity contribution in [2.75, 3.05) is 18.0 Å². The summed E-state index contributed by atoms with van der Waals surface area (Å²) in [4.78, 5) is 40.5. The zero-order valence-corrected chi connectivity index (χ0v) is 18.6. The Morgan fingerprint density at radius 1 is 1.12 bits per heavy atom. The van der Waals surface area contributed by atoms with Crippen LogP contribution in [0.3, 0.4) is 0 Å². The summed E-state index contributed by atoms with van der Waals surface area (Å²) in [5.74, 6) is -0.426. The first-order valence-electron chi connectivity index (χ1n) is 10.1. The van der Waals surface area contributed by atoms with Gasteiger partial charge in [-0.1, -0.05) is 54.2 Å². The Balaban J connectivity index is 1.74. The van der Waals surface area contributed by atoms with Crippen LogP contribution >= 0.6 is 11.8 Å². The second-order valence-corrected chi connectivity index (χ2v) is 7.81. The first kappa shape index (κ1) is 23.0. The Labute approximate surface area is 189 Å². The maximum atomic E-state index is 12.9. The van der Waals surface area contributed by atoms with Gasteiger partial charge in [0.25, 0.3) is 11.5 Å². The van der Waals surface area contributed by atoms with Crippen molar-refractivity contribution in [1.29, 1.82) is 0 Å². The molecule has 2 aromatic carbocycles. The van der Waals surface area contributed by atoms with E-state index in [1.54, 1.807) is 30.5 Å². The molecule has 0 radical (unpaired) electrons. The molecule has 0 saturated heterocycles. The van der Waals surface area contributed by atoms with E-state index in [0.29, 0.717) is 5.56 Å². The van der Waals surface area contributed by atoms with Gasteiger partial charge in [0.1, 0.15) is 5.25 Å². The summed E-state index contributed by atoms with van der Waals surface area (Å²) in [5.41, 5.74) is 3.78. The van der Waals surface area contributed by atoms with Crippen LogP contribution < -0.4 is 21.6 Å². The number of hydrogen-bond acceptors (Lipinski definition) is 7. The minimum Gasteiger partial charge on any atom is -0.372 e. The third-order valence-electron chi connectivity index (χ3n) is 4.66. The molecule has 0 aliphatic heterocycles. The highest BCUT2D eigenvalue weighted by Crippen LogP contribution is 2.32. The minimum atomic E-state index is -0.794. The van der Waals surface area contributed by atoms with Gasteiger partial charge < -0.3 is 4.90 Å². The van der Waals surface area contributed by atoms with Crippen molar-refractivity contribution in [1.82, 2.24) is 20.6 Å². The van der Waals surface area contributed by atoms with E-state index in [1.807, 2.05) is 30.3 Å². The summed E-state index contributed by atoms with van der Waals surface area (Å²) in [6, 6.07) is 16.8. The van der Waals surface area contributed by atoms with Gasteiger partial charge in [0.15, 0.2) is 5.03 Å². The highest BCUT2D eigenvalue weighted by molar-refractivity contribution is 8.00. The Bertz CT molecular complexity index is 1170. The number of H-pyrrole nitrogens is 2. The van der Waals surface area contributed by atoms with E-state index >= 15 is 0 Å². The first-order chi connectivity index (χ1) is 15.5. The van der Waals surface area contributed by atoms with Gasteiger partial charge in [-0.25, -0.2) is 15.3 Å². The van der Waals surface area contributed by atoms with Crippen molar-refractivity contribution in [3.05, 3.63) is 86.6 Å². The van der Waals surface area contributed by atoms with Crippen LogP contribution in [0.5, 0.6) is 0 Å². The number of nitrogens with zero attached hydrogens (tertiary/aromatic N) is 3. The maximum absolute atomic E-state index is 12.9. The maximum Gasteiger partial charge on any atom is 0.342 e.